The van der Waals surface area contributed by atoms with E-state index in [4.69, 9.17) is 0 Å². The number of hydrogen-bond donors (Lipinski definition) is 0. The molecule has 3 aliphatic rings. The number of allylic oxidation sites excluding steroid dienone is 2. The van der Waals surface area contributed by atoms with Gasteiger partial charge in [0.25, 0.3) is 0 Å². The normalized spacial score (nSPS) is 35.6. The maximum absolute atomic E-state index is 12.5. The fourth-order valence-corrected chi connectivity index (χ4v) is 4.14. The third-order valence-corrected chi connectivity index (χ3v) is 5.11. The molecule has 0 radical (unpaired) electrons. The molecule has 3 rings (SSSR count). The molecule has 0 spiro atoms. The second-order valence-corrected chi connectivity index (χ2v) is 6.31. The zero-order chi connectivity index (χ0) is 12.4. The van der Waals surface area contributed by atoms with Gasteiger partial charge in [-0.2, -0.15) is 0 Å². The summed E-state index contributed by atoms with van der Waals surface area (Å²) in [6, 6.07) is 0.588. The van der Waals surface area contributed by atoms with E-state index in [1.807, 2.05) is 0 Å². The Bertz CT molecular complexity index is 334. The van der Waals surface area contributed by atoms with E-state index < -0.39 is 0 Å². The number of nitrogens with zero attached hydrogens (tertiary/aromatic N) is 1. The molecule has 0 N–H and O–H groups in total. The molecule has 18 heavy (non-hydrogen) atoms. The zero-order valence-electron chi connectivity index (χ0n) is 11.3. The Morgan fingerprint density at radius 2 is 1.94 bits per heavy atom. The summed E-state index contributed by atoms with van der Waals surface area (Å²) in [4.78, 5) is 14.8. The second-order valence-electron chi connectivity index (χ2n) is 6.31. The number of hydrogen-bond acceptors (Lipinski definition) is 1. The van der Waals surface area contributed by atoms with Crippen LogP contribution in [-0.4, -0.2) is 23.4 Å². The summed E-state index contributed by atoms with van der Waals surface area (Å²) in [7, 11) is 0. The highest BCUT2D eigenvalue weighted by Gasteiger charge is 2.35. The van der Waals surface area contributed by atoms with E-state index in [0.717, 1.165) is 18.9 Å². The van der Waals surface area contributed by atoms with Gasteiger partial charge >= 0.3 is 0 Å². The molecule has 0 bridgehead atoms. The van der Waals surface area contributed by atoms with Crippen molar-refractivity contribution in [3.05, 3.63) is 12.2 Å². The van der Waals surface area contributed by atoms with Crippen molar-refractivity contribution >= 4 is 5.91 Å². The first kappa shape index (κ1) is 12.3. The Kier molecular flexibility index (Phi) is 3.72. The maximum Gasteiger partial charge on any atom is 0.223 e. The quantitative estimate of drug-likeness (QED) is 0.684. The van der Waals surface area contributed by atoms with Crippen LogP contribution < -0.4 is 0 Å². The Morgan fingerprint density at radius 1 is 1.11 bits per heavy atom. The Balaban J connectivity index is 1.62. The highest BCUT2D eigenvalue weighted by atomic mass is 16.2. The first-order valence-corrected chi connectivity index (χ1v) is 7.81. The molecular formula is C16H25NO. The molecule has 1 saturated heterocycles. The molecule has 1 heterocycles. The van der Waals surface area contributed by atoms with Gasteiger partial charge in [0.1, 0.15) is 0 Å². The lowest BCUT2D eigenvalue weighted by Gasteiger charge is -2.44. The van der Waals surface area contributed by atoms with Crippen LogP contribution >= 0.6 is 0 Å². The first-order valence-electron chi connectivity index (χ1n) is 7.81. The van der Waals surface area contributed by atoms with Crippen molar-refractivity contribution in [1.82, 2.24) is 4.90 Å². The minimum atomic E-state index is 0.433. The van der Waals surface area contributed by atoms with Crippen molar-refractivity contribution in [2.24, 2.45) is 11.8 Å². The van der Waals surface area contributed by atoms with Crippen LogP contribution in [-0.2, 0) is 4.79 Å². The number of rotatable bonds is 2. The number of carbonyl (C=O) groups excluding carboxylic acids is 1. The molecule has 3 unspecified atom stereocenters. The monoisotopic (exact) mass is 247 g/mol. The van der Waals surface area contributed by atoms with Crippen LogP contribution in [0.2, 0.25) is 0 Å². The van der Waals surface area contributed by atoms with Gasteiger partial charge in [0.2, 0.25) is 5.91 Å². The molecule has 100 valence electrons. The molecule has 2 aliphatic carbocycles. The molecule has 3 atom stereocenters. The molecular weight excluding hydrogens is 222 g/mol. The van der Waals surface area contributed by atoms with Gasteiger partial charge in [0, 0.05) is 19.0 Å². The molecule has 2 fully saturated rings. The first-order chi connectivity index (χ1) is 8.84. The highest BCUT2D eigenvalue weighted by Crippen LogP contribution is 2.36. The van der Waals surface area contributed by atoms with Crippen molar-refractivity contribution in [3.8, 4) is 0 Å². The summed E-state index contributed by atoms with van der Waals surface area (Å²) in [6.07, 6.45) is 15.5. The SMILES string of the molecule is O=C(CC1C=CCC1)N1CCCC2CCCCC21. The van der Waals surface area contributed by atoms with Crippen LogP contribution in [0.25, 0.3) is 0 Å². The molecule has 2 heteroatoms. The van der Waals surface area contributed by atoms with Crippen molar-refractivity contribution < 1.29 is 4.79 Å². The minimum Gasteiger partial charge on any atom is -0.339 e. The van der Waals surface area contributed by atoms with Crippen molar-refractivity contribution in [2.45, 2.75) is 63.8 Å². The van der Waals surface area contributed by atoms with Gasteiger partial charge in [0.05, 0.1) is 0 Å². The topological polar surface area (TPSA) is 20.3 Å². The number of carbonyl (C=O) groups is 1. The van der Waals surface area contributed by atoms with Crippen molar-refractivity contribution in [1.29, 1.82) is 0 Å². The van der Waals surface area contributed by atoms with Crippen molar-refractivity contribution in [3.63, 3.8) is 0 Å². The van der Waals surface area contributed by atoms with Crippen LogP contribution in [0.3, 0.4) is 0 Å². The van der Waals surface area contributed by atoms with Gasteiger partial charge in [-0.15, -0.1) is 0 Å². The summed E-state index contributed by atoms with van der Waals surface area (Å²) < 4.78 is 0. The number of piperidine rings is 1. The van der Waals surface area contributed by atoms with Gasteiger partial charge in [0.15, 0.2) is 0 Å². The van der Waals surface area contributed by atoms with E-state index >= 15 is 0 Å². The lowest BCUT2D eigenvalue weighted by atomic mass is 9.78. The molecule has 2 nitrogen and oxygen atoms in total. The predicted octanol–water partition coefficient (Wildman–Crippen LogP) is 3.52. The summed E-state index contributed by atoms with van der Waals surface area (Å²) in [5.41, 5.74) is 0. The van der Waals surface area contributed by atoms with Gasteiger partial charge in [-0.05, 0) is 50.4 Å². The summed E-state index contributed by atoms with van der Waals surface area (Å²) in [6.45, 7) is 1.02. The van der Waals surface area contributed by atoms with Gasteiger partial charge in [-0.3, -0.25) is 4.79 Å². The molecule has 0 aromatic rings. The van der Waals surface area contributed by atoms with Crippen LogP contribution in [0.1, 0.15) is 57.8 Å². The van der Waals surface area contributed by atoms with E-state index in [2.05, 4.69) is 17.1 Å². The average Bonchev–Trinajstić information content (AvgIpc) is 2.91. The molecule has 1 amide bonds. The fourth-order valence-electron chi connectivity index (χ4n) is 4.14. The van der Waals surface area contributed by atoms with Crippen LogP contribution in [0.4, 0.5) is 0 Å². The average molecular weight is 247 g/mol. The van der Waals surface area contributed by atoms with E-state index in [0.29, 0.717) is 17.9 Å². The van der Waals surface area contributed by atoms with E-state index in [9.17, 15) is 4.79 Å². The number of amides is 1. The third-order valence-electron chi connectivity index (χ3n) is 5.11. The lowest BCUT2D eigenvalue weighted by Crippen LogP contribution is -2.49. The summed E-state index contributed by atoms with van der Waals surface area (Å²) in [5, 5.41) is 0. The molecule has 1 aliphatic heterocycles. The Morgan fingerprint density at radius 3 is 2.78 bits per heavy atom. The maximum atomic E-state index is 12.5. The van der Waals surface area contributed by atoms with E-state index in [1.165, 1.54) is 51.4 Å². The van der Waals surface area contributed by atoms with Gasteiger partial charge < -0.3 is 4.90 Å². The number of likely N-dealkylation sites (tertiary alicyclic amines) is 1. The van der Waals surface area contributed by atoms with Gasteiger partial charge in [-0.1, -0.05) is 25.0 Å². The standard InChI is InChI=1S/C16H25NO/c18-16(12-13-6-1-2-7-13)17-11-5-9-14-8-3-4-10-15(14)17/h1,6,13-15H,2-5,7-12H2. The highest BCUT2D eigenvalue weighted by molar-refractivity contribution is 5.77. The van der Waals surface area contributed by atoms with Crippen molar-refractivity contribution in [2.75, 3.05) is 6.54 Å². The largest absolute Gasteiger partial charge is 0.339 e. The summed E-state index contributed by atoms with van der Waals surface area (Å²) in [5.74, 6) is 1.78. The van der Waals surface area contributed by atoms with Crippen LogP contribution in [0, 0.1) is 11.8 Å². The molecule has 0 aromatic carbocycles. The number of fused-ring (bicyclic) bond motifs is 1. The smallest absolute Gasteiger partial charge is 0.223 e. The minimum absolute atomic E-state index is 0.433. The van der Waals surface area contributed by atoms with Crippen LogP contribution in [0.5, 0.6) is 0 Å². The fraction of sp³-hybridized carbons (Fsp3) is 0.812. The second kappa shape index (κ2) is 5.46. The lowest BCUT2D eigenvalue weighted by molar-refractivity contribution is -0.138. The third kappa shape index (κ3) is 2.48. The molecule has 0 aromatic heterocycles. The van der Waals surface area contributed by atoms with Crippen LogP contribution in [0.15, 0.2) is 12.2 Å². The predicted molar refractivity (Wildman–Crippen MR) is 73.2 cm³/mol. The zero-order valence-corrected chi connectivity index (χ0v) is 11.3. The van der Waals surface area contributed by atoms with E-state index in [1.54, 1.807) is 0 Å². The Labute approximate surface area is 110 Å². The van der Waals surface area contributed by atoms with E-state index in [-0.39, 0.29) is 0 Å². The Hall–Kier alpha value is -0.790. The molecule has 1 saturated carbocycles. The summed E-state index contributed by atoms with van der Waals surface area (Å²) >= 11 is 0. The van der Waals surface area contributed by atoms with Gasteiger partial charge in [-0.25, -0.2) is 0 Å².